The van der Waals surface area contributed by atoms with Gasteiger partial charge in [0.05, 0.1) is 0 Å². The van der Waals surface area contributed by atoms with Crippen molar-refractivity contribution in [1.82, 2.24) is 0 Å². The molecule has 1 radical (unpaired) electrons. The second-order valence-electron chi connectivity index (χ2n) is 3.36. The molecule has 1 heteroatoms. The van der Waals surface area contributed by atoms with Crippen LogP contribution in [-0.2, 0) is 4.79 Å². The Morgan fingerprint density at radius 1 is 1.00 bits per heavy atom. The van der Waals surface area contributed by atoms with Crippen LogP contribution in [0.5, 0.6) is 0 Å². The van der Waals surface area contributed by atoms with Gasteiger partial charge in [0.25, 0.3) is 0 Å². The van der Waals surface area contributed by atoms with Gasteiger partial charge < -0.3 is 0 Å². The third kappa shape index (κ3) is 11.4. The van der Waals surface area contributed by atoms with Crippen LogP contribution >= 0.6 is 0 Å². The Morgan fingerprint density at radius 2 is 1.62 bits per heavy atom. The predicted molar refractivity (Wildman–Crippen MR) is 57.4 cm³/mol. The molecule has 0 atom stereocenters. The summed E-state index contributed by atoms with van der Waals surface area (Å²) in [5.74, 6) is 0. The summed E-state index contributed by atoms with van der Waals surface area (Å²) in [6, 6.07) is 0. The summed E-state index contributed by atoms with van der Waals surface area (Å²) in [6.07, 6.45) is 15.4. The molecule has 1 nitrogen and oxygen atoms in total. The van der Waals surface area contributed by atoms with E-state index in [1.165, 1.54) is 25.7 Å². The normalized spacial score (nSPS) is 10.8. The van der Waals surface area contributed by atoms with Crippen molar-refractivity contribution in [3.63, 3.8) is 0 Å². The molecule has 0 fully saturated rings. The van der Waals surface area contributed by atoms with Gasteiger partial charge in [-0.15, -0.1) is 0 Å². The highest BCUT2D eigenvalue weighted by Gasteiger charge is 1.85. The summed E-state index contributed by atoms with van der Waals surface area (Å²) >= 11 is 0. The summed E-state index contributed by atoms with van der Waals surface area (Å²) in [6.45, 7) is 2.22. The first kappa shape index (κ1) is 12.4. The Hall–Kier alpha value is -0.590. The molecule has 0 aromatic rings. The molecule has 13 heavy (non-hydrogen) atoms. The third-order valence-electron chi connectivity index (χ3n) is 2.04. The zero-order valence-electron chi connectivity index (χ0n) is 8.72. The quantitative estimate of drug-likeness (QED) is 0.390. The zero-order chi connectivity index (χ0) is 9.78. The molecule has 0 aliphatic heterocycles. The summed E-state index contributed by atoms with van der Waals surface area (Å²) in [7, 11) is 0. The third-order valence-corrected chi connectivity index (χ3v) is 2.04. The van der Waals surface area contributed by atoms with Gasteiger partial charge in [0.15, 0.2) is 6.29 Å². The Balaban J connectivity index is 2.98. The number of carbonyl (C=O) groups excluding carboxylic acids is 1. The van der Waals surface area contributed by atoms with E-state index < -0.39 is 0 Å². The molecule has 0 spiro atoms. The lowest BCUT2D eigenvalue weighted by Crippen LogP contribution is -1.76. The van der Waals surface area contributed by atoms with E-state index in [0.29, 0.717) is 6.42 Å². The van der Waals surface area contributed by atoms with Crippen LogP contribution < -0.4 is 0 Å². The first-order valence-corrected chi connectivity index (χ1v) is 5.41. The highest BCUT2D eigenvalue weighted by Crippen LogP contribution is 2.02. The van der Waals surface area contributed by atoms with Gasteiger partial charge in [-0.25, -0.2) is 0 Å². The smallest absolute Gasteiger partial charge is 0.198 e. The minimum atomic E-state index is 0.601. The van der Waals surface area contributed by atoms with E-state index in [0.717, 1.165) is 19.3 Å². The molecule has 0 N–H and O–H groups in total. The predicted octanol–water partition coefficient (Wildman–Crippen LogP) is 3.79. The lowest BCUT2D eigenvalue weighted by Gasteiger charge is -1.92. The van der Waals surface area contributed by atoms with Gasteiger partial charge in [-0.1, -0.05) is 31.9 Å². The van der Waals surface area contributed by atoms with Crippen molar-refractivity contribution in [2.45, 2.75) is 58.3 Å². The van der Waals surface area contributed by atoms with Crippen molar-refractivity contribution in [1.29, 1.82) is 0 Å². The van der Waals surface area contributed by atoms with E-state index in [1.54, 1.807) is 0 Å². The van der Waals surface area contributed by atoms with Crippen molar-refractivity contribution in [3.05, 3.63) is 12.2 Å². The Labute approximate surface area is 82.2 Å². The molecular formula is C12H21O. The first-order valence-electron chi connectivity index (χ1n) is 5.41. The fraction of sp³-hybridized carbons (Fsp3) is 0.750. The average molecular weight is 181 g/mol. The average Bonchev–Trinajstić information content (AvgIpc) is 2.16. The maximum absolute atomic E-state index is 9.87. The first-order chi connectivity index (χ1) is 6.41. The maximum Gasteiger partial charge on any atom is 0.198 e. The summed E-state index contributed by atoms with van der Waals surface area (Å²) in [5, 5.41) is 0. The summed E-state index contributed by atoms with van der Waals surface area (Å²) in [4.78, 5) is 9.87. The highest BCUT2D eigenvalue weighted by atomic mass is 16.1. The summed E-state index contributed by atoms with van der Waals surface area (Å²) in [5.41, 5.74) is 0. The van der Waals surface area contributed by atoms with Crippen molar-refractivity contribution < 1.29 is 4.79 Å². The molecular weight excluding hydrogens is 160 g/mol. The molecule has 0 saturated heterocycles. The van der Waals surface area contributed by atoms with Crippen LogP contribution in [0.3, 0.4) is 0 Å². The van der Waals surface area contributed by atoms with Crippen LogP contribution in [0.1, 0.15) is 58.3 Å². The van der Waals surface area contributed by atoms with E-state index in [-0.39, 0.29) is 0 Å². The van der Waals surface area contributed by atoms with E-state index in [4.69, 9.17) is 0 Å². The van der Waals surface area contributed by atoms with Crippen LogP contribution in [0.4, 0.5) is 0 Å². The Bertz CT molecular complexity index is 127. The van der Waals surface area contributed by atoms with Gasteiger partial charge >= 0.3 is 0 Å². The lowest BCUT2D eigenvalue weighted by atomic mass is 10.1. The Kier molecular flexibility index (Phi) is 10.9. The molecule has 0 unspecified atom stereocenters. The van der Waals surface area contributed by atoms with Gasteiger partial charge in [0, 0.05) is 6.42 Å². The molecule has 75 valence electrons. The second kappa shape index (κ2) is 11.4. The van der Waals surface area contributed by atoms with Crippen LogP contribution in [0, 0.1) is 0 Å². The number of hydrogen-bond donors (Lipinski definition) is 0. The summed E-state index contributed by atoms with van der Waals surface area (Å²) < 4.78 is 0. The molecule has 0 aliphatic rings. The van der Waals surface area contributed by atoms with Gasteiger partial charge in [-0.05, 0) is 32.1 Å². The lowest BCUT2D eigenvalue weighted by molar-refractivity contribution is 0.547. The highest BCUT2D eigenvalue weighted by molar-refractivity contribution is 5.50. The van der Waals surface area contributed by atoms with E-state index >= 15 is 0 Å². The molecule has 0 saturated carbocycles. The van der Waals surface area contributed by atoms with Crippen LogP contribution in [-0.4, -0.2) is 6.29 Å². The van der Waals surface area contributed by atoms with Crippen molar-refractivity contribution >= 4 is 6.29 Å². The largest absolute Gasteiger partial charge is 0.291 e. The fourth-order valence-electron chi connectivity index (χ4n) is 1.21. The molecule has 0 aromatic carbocycles. The van der Waals surface area contributed by atoms with E-state index in [2.05, 4.69) is 19.1 Å². The maximum atomic E-state index is 9.87. The van der Waals surface area contributed by atoms with Gasteiger partial charge in [-0.3, -0.25) is 4.79 Å². The standard InChI is InChI=1S/C12H21O/c1-2-3-4-5-6-7-8-9-10-11-12-13/h6-7H,2-5,8-11H2,1H3/b7-6+. The number of rotatable bonds is 9. The van der Waals surface area contributed by atoms with Gasteiger partial charge in [0.1, 0.15) is 0 Å². The second-order valence-corrected chi connectivity index (χ2v) is 3.36. The van der Waals surface area contributed by atoms with E-state index in [9.17, 15) is 4.79 Å². The van der Waals surface area contributed by atoms with Crippen molar-refractivity contribution in [2.75, 3.05) is 0 Å². The van der Waals surface area contributed by atoms with Crippen LogP contribution in [0.25, 0.3) is 0 Å². The number of hydrogen-bond acceptors (Lipinski definition) is 1. The van der Waals surface area contributed by atoms with Gasteiger partial charge in [-0.2, -0.15) is 0 Å². The molecule has 0 heterocycles. The Morgan fingerprint density at radius 3 is 2.15 bits per heavy atom. The molecule has 0 bridgehead atoms. The minimum absolute atomic E-state index is 0.601. The molecule has 0 rings (SSSR count). The SMILES string of the molecule is CCCCC/C=C/CCCC[C]=O. The number of unbranched alkanes of at least 4 members (excludes halogenated alkanes) is 6. The molecule has 0 amide bonds. The monoisotopic (exact) mass is 181 g/mol. The van der Waals surface area contributed by atoms with Crippen molar-refractivity contribution in [3.8, 4) is 0 Å². The number of allylic oxidation sites excluding steroid dienone is 2. The van der Waals surface area contributed by atoms with Crippen LogP contribution in [0.15, 0.2) is 12.2 Å². The van der Waals surface area contributed by atoms with Crippen LogP contribution in [0.2, 0.25) is 0 Å². The molecule has 0 aliphatic carbocycles. The minimum Gasteiger partial charge on any atom is -0.291 e. The van der Waals surface area contributed by atoms with Crippen molar-refractivity contribution in [2.24, 2.45) is 0 Å². The van der Waals surface area contributed by atoms with Gasteiger partial charge in [0.2, 0.25) is 0 Å². The zero-order valence-corrected chi connectivity index (χ0v) is 8.72. The fourth-order valence-corrected chi connectivity index (χ4v) is 1.21. The van der Waals surface area contributed by atoms with E-state index in [1.807, 2.05) is 6.29 Å². The topological polar surface area (TPSA) is 17.1 Å². The molecule has 0 aromatic heterocycles.